The van der Waals surface area contributed by atoms with Gasteiger partial charge in [0.05, 0.1) is 17.3 Å². The van der Waals surface area contributed by atoms with Crippen LogP contribution in [0.3, 0.4) is 0 Å². The topological polar surface area (TPSA) is 80.9 Å². The van der Waals surface area contributed by atoms with E-state index in [2.05, 4.69) is 35.8 Å². The second-order valence-corrected chi connectivity index (χ2v) is 11.0. The molecule has 0 aliphatic heterocycles. The predicted molar refractivity (Wildman–Crippen MR) is 143 cm³/mol. The summed E-state index contributed by atoms with van der Waals surface area (Å²) in [5.74, 6) is 0.268. The maximum atomic E-state index is 13.6. The quantitative estimate of drug-likeness (QED) is 0.408. The zero-order chi connectivity index (χ0) is 26.2. The highest BCUT2D eigenvalue weighted by Crippen LogP contribution is 2.22. The number of aromatic nitrogens is 2. The highest BCUT2D eigenvalue weighted by atomic mass is 32.1. The van der Waals surface area contributed by atoms with Crippen LogP contribution in [0.1, 0.15) is 49.0 Å². The Balaban J connectivity index is 1.97. The number of carbonyl (C=O) groups excluding carboxylic acids is 1. The SMILES string of the molecule is Cc1cccc(-n2c(C)cc(/C=c3\s/c(=C(/C#N)C(=O)C(C)(C)C)n(Cc4ccco4)c3=O)c2C)c1. The Morgan fingerprint density at radius 2 is 1.89 bits per heavy atom. The largest absolute Gasteiger partial charge is 0.467 e. The molecule has 4 rings (SSSR count). The van der Waals surface area contributed by atoms with Gasteiger partial charge in [-0.2, -0.15) is 5.26 Å². The Hall–Kier alpha value is -3.89. The number of hydrogen-bond acceptors (Lipinski definition) is 5. The first-order valence-electron chi connectivity index (χ1n) is 11.7. The smallest absolute Gasteiger partial charge is 0.269 e. The molecule has 0 saturated heterocycles. The Morgan fingerprint density at radius 3 is 2.50 bits per heavy atom. The van der Waals surface area contributed by atoms with E-state index in [9.17, 15) is 14.9 Å². The van der Waals surface area contributed by atoms with Crippen LogP contribution >= 0.6 is 11.3 Å². The number of nitriles is 1. The third-order valence-corrected chi connectivity index (χ3v) is 7.18. The maximum Gasteiger partial charge on any atom is 0.269 e. The Kier molecular flexibility index (Phi) is 6.75. The second kappa shape index (κ2) is 9.63. The van der Waals surface area contributed by atoms with Crippen LogP contribution in [0.25, 0.3) is 17.3 Å². The number of aryl methyl sites for hydroxylation is 2. The van der Waals surface area contributed by atoms with Crippen molar-refractivity contribution in [2.45, 2.75) is 48.1 Å². The van der Waals surface area contributed by atoms with Crippen LogP contribution in [0.15, 0.2) is 57.9 Å². The van der Waals surface area contributed by atoms with Crippen LogP contribution in [0, 0.1) is 37.5 Å². The summed E-state index contributed by atoms with van der Waals surface area (Å²) in [6, 6.07) is 15.9. The Morgan fingerprint density at radius 1 is 1.14 bits per heavy atom. The number of rotatable bonds is 5. The zero-order valence-corrected chi connectivity index (χ0v) is 22.2. The molecule has 6 nitrogen and oxygen atoms in total. The lowest BCUT2D eigenvalue weighted by Crippen LogP contribution is -2.34. The van der Waals surface area contributed by atoms with Crippen molar-refractivity contribution in [1.29, 1.82) is 5.26 Å². The van der Waals surface area contributed by atoms with Crippen LogP contribution < -0.4 is 14.8 Å². The highest BCUT2D eigenvalue weighted by Gasteiger charge is 2.27. The lowest BCUT2D eigenvalue weighted by Gasteiger charge is -2.15. The van der Waals surface area contributed by atoms with E-state index >= 15 is 0 Å². The van der Waals surface area contributed by atoms with E-state index in [-0.39, 0.29) is 23.5 Å². The number of furan rings is 1. The van der Waals surface area contributed by atoms with Gasteiger partial charge in [-0.25, -0.2) is 0 Å². The van der Waals surface area contributed by atoms with Crippen LogP contribution in [0.2, 0.25) is 0 Å². The number of ketones is 1. The molecule has 0 bridgehead atoms. The van der Waals surface area contributed by atoms with Gasteiger partial charge < -0.3 is 8.98 Å². The minimum atomic E-state index is -0.761. The summed E-state index contributed by atoms with van der Waals surface area (Å²) in [5, 5.41) is 9.93. The summed E-state index contributed by atoms with van der Waals surface area (Å²) in [4.78, 5) is 26.7. The predicted octanol–water partition coefficient (Wildman–Crippen LogP) is 4.39. The second-order valence-electron chi connectivity index (χ2n) is 9.95. The molecule has 0 aliphatic carbocycles. The molecule has 4 aromatic rings. The van der Waals surface area contributed by atoms with E-state index in [1.807, 2.05) is 32.1 Å². The van der Waals surface area contributed by atoms with Gasteiger partial charge in [0, 0.05) is 22.5 Å². The average Bonchev–Trinajstić information content (AvgIpc) is 3.50. The molecule has 7 heteroatoms. The minimum Gasteiger partial charge on any atom is -0.467 e. The molecular weight excluding hydrogens is 470 g/mol. The molecule has 0 atom stereocenters. The molecule has 0 radical (unpaired) electrons. The summed E-state index contributed by atoms with van der Waals surface area (Å²) in [6.07, 6.45) is 3.38. The molecule has 0 spiro atoms. The summed E-state index contributed by atoms with van der Waals surface area (Å²) < 4.78 is 9.89. The van der Waals surface area contributed by atoms with Crippen LogP contribution in [0.4, 0.5) is 0 Å². The first-order valence-corrected chi connectivity index (χ1v) is 12.5. The molecule has 3 heterocycles. The Labute approximate surface area is 214 Å². The van der Waals surface area contributed by atoms with Crippen molar-refractivity contribution in [3.8, 4) is 11.8 Å². The standard InChI is InChI=1S/C29H29N3O3S/c1-18-9-7-10-22(13-18)32-19(2)14-21(20(32)3)15-25-27(34)31(17-23-11-8-12-35-23)28(36-25)24(16-30)26(33)29(4,5)6/h7-15H,17H2,1-6H3/b25-15-,28-24-. The summed E-state index contributed by atoms with van der Waals surface area (Å²) in [5.41, 5.74) is 4.14. The van der Waals surface area contributed by atoms with E-state index in [0.29, 0.717) is 15.0 Å². The third-order valence-electron chi connectivity index (χ3n) is 6.05. The summed E-state index contributed by atoms with van der Waals surface area (Å²) >= 11 is 1.17. The molecule has 0 saturated carbocycles. The van der Waals surface area contributed by atoms with Crippen molar-refractivity contribution >= 4 is 28.8 Å². The van der Waals surface area contributed by atoms with E-state index in [0.717, 1.165) is 28.2 Å². The van der Waals surface area contributed by atoms with Crippen molar-refractivity contribution in [1.82, 2.24) is 9.13 Å². The third kappa shape index (κ3) is 4.77. The fourth-order valence-electron chi connectivity index (χ4n) is 4.22. The number of nitrogens with zero attached hydrogens (tertiary/aromatic N) is 3. The minimum absolute atomic E-state index is 0.0129. The number of hydrogen-bond donors (Lipinski definition) is 0. The average molecular weight is 500 g/mol. The molecule has 0 N–H and O–H groups in total. The van der Waals surface area contributed by atoms with Crippen molar-refractivity contribution in [3.63, 3.8) is 0 Å². The van der Waals surface area contributed by atoms with Gasteiger partial charge in [-0.05, 0) is 68.3 Å². The van der Waals surface area contributed by atoms with Gasteiger partial charge in [0.15, 0.2) is 5.78 Å². The normalized spacial score (nSPS) is 13.1. The van der Waals surface area contributed by atoms with Crippen LogP contribution in [-0.4, -0.2) is 14.9 Å². The number of carbonyl (C=O) groups is 1. The lowest BCUT2D eigenvalue weighted by atomic mass is 9.87. The summed E-state index contributed by atoms with van der Waals surface area (Å²) in [6.45, 7) is 11.5. The molecule has 184 valence electrons. The van der Waals surface area contributed by atoms with Gasteiger partial charge in [0.2, 0.25) is 0 Å². The molecule has 0 fully saturated rings. The maximum absolute atomic E-state index is 13.6. The van der Waals surface area contributed by atoms with Gasteiger partial charge in [0.25, 0.3) is 5.56 Å². The molecule has 0 amide bonds. The number of thiazole rings is 1. The van der Waals surface area contributed by atoms with Gasteiger partial charge in [-0.3, -0.25) is 14.2 Å². The van der Waals surface area contributed by atoms with Crippen LogP contribution in [0.5, 0.6) is 0 Å². The van der Waals surface area contributed by atoms with Crippen molar-refractivity contribution in [3.05, 3.63) is 96.6 Å². The monoisotopic (exact) mass is 499 g/mol. The van der Waals surface area contributed by atoms with Crippen LogP contribution in [-0.2, 0) is 11.3 Å². The van der Waals surface area contributed by atoms with Crippen molar-refractivity contribution < 1.29 is 9.21 Å². The fraction of sp³-hybridized carbons (Fsp3) is 0.276. The molecule has 0 unspecified atom stereocenters. The highest BCUT2D eigenvalue weighted by molar-refractivity contribution is 7.07. The Bertz CT molecular complexity index is 1670. The molecule has 0 aliphatic rings. The lowest BCUT2D eigenvalue weighted by molar-refractivity contribution is -0.120. The zero-order valence-electron chi connectivity index (χ0n) is 21.4. The van der Waals surface area contributed by atoms with Crippen molar-refractivity contribution in [2.24, 2.45) is 5.41 Å². The molecule has 36 heavy (non-hydrogen) atoms. The van der Waals surface area contributed by atoms with Crippen molar-refractivity contribution in [2.75, 3.05) is 0 Å². The first kappa shape index (κ1) is 25.2. The van der Waals surface area contributed by atoms with E-state index in [4.69, 9.17) is 4.42 Å². The number of benzene rings is 1. The van der Waals surface area contributed by atoms with Gasteiger partial charge in [0.1, 0.15) is 22.1 Å². The van der Waals surface area contributed by atoms with Gasteiger partial charge in [-0.15, -0.1) is 11.3 Å². The molecule has 1 aromatic carbocycles. The van der Waals surface area contributed by atoms with E-state index in [1.54, 1.807) is 32.9 Å². The van der Waals surface area contributed by atoms with E-state index < -0.39 is 5.41 Å². The fourth-order valence-corrected chi connectivity index (χ4v) is 5.31. The molecule has 3 aromatic heterocycles. The van der Waals surface area contributed by atoms with Gasteiger partial charge in [-0.1, -0.05) is 32.9 Å². The molecular formula is C29H29N3O3S. The van der Waals surface area contributed by atoms with E-state index in [1.165, 1.54) is 22.2 Å². The van der Waals surface area contributed by atoms with Gasteiger partial charge >= 0.3 is 0 Å². The summed E-state index contributed by atoms with van der Waals surface area (Å²) in [7, 11) is 0. The first-order chi connectivity index (χ1) is 17.0. The number of Topliss-reactive ketones (excluding diaryl/α,β-unsaturated/α-hetero) is 1.